The Labute approximate surface area is 137 Å². The Morgan fingerprint density at radius 2 is 1.57 bits per heavy atom. The largest absolute Gasteiger partial charge is 0.340 e. The van der Waals surface area contributed by atoms with Crippen molar-refractivity contribution in [2.75, 3.05) is 10.6 Å². The lowest BCUT2D eigenvalue weighted by Crippen LogP contribution is -2.00. The molecule has 2 aromatic carbocycles. The van der Waals surface area contributed by atoms with Crippen LogP contribution in [0.4, 0.5) is 31.9 Å². The summed E-state index contributed by atoms with van der Waals surface area (Å²) in [7, 11) is 0. The number of anilines is 4. The molecule has 0 fully saturated rings. The van der Waals surface area contributed by atoms with Gasteiger partial charge >= 0.3 is 0 Å². The van der Waals surface area contributed by atoms with E-state index in [0.717, 1.165) is 22.7 Å². The molecule has 4 nitrogen and oxygen atoms in total. The van der Waals surface area contributed by atoms with Crippen molar-refractivity contribution in [1.82, 2.24) is 9.97 Å². The molecule has 0 aliphatic rings. The van der Waals surface area contributed by atoms with E-state index in [4.69, 9.17) is 0 Å². The number of aromatic nitrogens is 2. The molecule has 0 saturated carbocycles. The molecular weight excluding hydrogens is 318 g/mol. The Morgan fingerprint density at radius 3 is 2.30 bits per heavy atom. The minimum Gasteiger partial charge on any atom is -0.340 e. The zero-order chi connectivity index (χ0) is 16.2. The highest BCUT2D eigenvalue weighted by Crippen LogP contribution is 2.20. The first-order valence-electron chi connectivity index (χ1n) is 6.71. The van der Waals surface area contributed by atoms with Crippen molar-refractivity contribution in [2.45, 2.75) is 4.90 Å². The van der Waals surface area contributed by atoms with Crippen LogP contribution in [0.25, 0.3) is 0 Å². The maximum Gasteiger partial charge on any atom is 0.229 e. The summed E-state index contributed by atoms with van der Waals surface area (Å²) in [5.74, 6) is -0.980. The maximum absolute atomic E-state index is 13.2. The highest BCUT2D eigenvalue weighted by Gasteiger charge is 2.04. The fraction of sp³-hybridized carbons (Fsp3) is 0. The number of nitrogens with one attached hydrogen (secondary N) is 2. The van der Waals surface area contributed by atoms with Crippen LogP contribution in [0.15, 0.2) is 59.6 Å². The van der Waals surface area contributed by atoms with Crippen LogP contribution in [0, 0.1) is 11.6 Å². The number of benzene rings is 2. The molecule has 1 heterocycles. The van der Waals surface area contributed by atoms with Gasteiger partial charge in [-0.05, 0) is 42.5 Å². The Hall–Kier alpha value is -2.67. The molecule has 0 unspecified atom stereocenters. The van der Waals surface area contributed by atoms with Gasteiger partial charge in [0.15, 0.2) is 11.6 Å². The molecule has 0 atom stereocenters. The van der Waals surface area contributed by atoms with Gasteiger partial charge in [-0.1, -0.05) is 0 Å². The molecule has 0 bridgehead atoms. The molecule has 7 heteroatoms. The van der Waals surface area contributed by atoms with E-state index in [0.29, 0.717) is 17.5 Å². The lowest BCUT2D eigenvalue weighted by molar-refractivity contribution is 0.509. The van der Waals surface area contributed by atoms with Gasteiger partial charge in [0.2, 0.25) is 5.95 Å². The number of rotatable bonds is 4. The average Bonchev–Trinajstić information content (AvgIpc) is 2.54. The summed E-state index contributed by atoms with van der Waals surface area (Å²) in [6, 6.07) is 12.6. The Morgan fingerprint density at radius 1 is 0.826 bits per heavy atom. The summed E-state index contributed by atoms with van der Waals surface area (Å²) in [4.78, 5) is 9.24. The first kappa shape index (κ1) is 15.2. The summed E-state index contributed by atoms with van der Waals surface area (Å²) in [6.07, 6.45) is 1.56. The molecular formula is C16H12F2N4S. The third-order valence-corrected chi connectivity index (χ3v) is 3.27. The van der Waals surface area contributed by atoms with Crippen molar-refractivity contribution in [3.8, 4) is 0 Å². The molecule has 23 heavy (non-hydrogen) atoms. The zero-order valence-corrected chi connectivity index (χ0v) is 12.7. The second kappa shape index (κ2) is 6.62. The van der Waals surface area contributed by atoms with E-state index in [-0.39, 0.29) is 0 Å². The van der Waals surface area contributed by atoms with Crippen LogP contribution in [0.5, 0.6) is 0 Å². The summed E-state index contributed by atoms with van der Waals surface area (Å²) in [6.45, 7) is 0. The summed E-state index contributed by atoms with van der Waals surface area (Å²) >= 11 is 4.22. The van der Waals surface area contributed by atoms with Gasteiger partial charge in [-0.25, -0.2) is 13.8 Å². The van der Waals surface area contributed by atoms with E-state index >= 15 is 0 Å². The molecule has 3 rings (SSSR count). The molecule has 0 aliphatic carbocycles. The molecule has 0 saturated heterocycles. The number of thiol groups is 1. The van der Waals surface area contributed by atoms with Crippen molar-refractivity contribution in [3.05, 3.63) is 66.4 Å². The second-order valence-corrected chi connectivity index (χ2v) is 5.21. The van der Waals surface area contributed by atoms with Gasteiger partial charge in [-0.15, -0.1) is 12.6 Å². The van der Waals surface area contributed by atoms with Crippen LogP contribution in [0.2, 0.25) is 0 Å². The van der Waals surface area contributed by atoms with E-state index in [1.807, 2.05) is 24.3 Å². The van der Waals surface area contributed by atoms with Crippen LogP contribution >= 0.6 is 12.6 Å². The fourth-order valence-electron chi connectivity index (χ4n) is 1.88. The van der Waals surface area contributed by atoms with E-state index in [2.05, 4.69) is 33.2 Å². The third kappa shape index (κ3) is 3.95. The number of nitrogens with zero attached hydrogens (tertiary/aromatic N) is 2. The standard InChI is InChI=1S/C16H12F2N4S/c17-13-6-3-11(9-14(13)18)20-15-7-8-19-16(22-15)21-10-1-4-12(23)5-2-10/h1-9,23H,(H2,19,20,21,22). The highest BCUT2D eigenvalue weighted by atomic mass is 32.1. The second-order valence-electron chi connectivity index (χ2n) is 4.69. The minimum absolute atomic E-state index is 0.379. The topological polar surface area (TPSA) is 49.8 Å². The monoisotopic (exact) mass is 330 g/mol. The molecule has 1 aromatic heterocycles. The minimum atomic E-state index is -0.922. The molecule has 0 radical (unpaired) electrons. The predicted molar refractivity (Wildman–Crippen MR) is 88.6 cm³/mol. The van der Waals surface area contributed by atoms with Crippen molar-refractivity contribution in [3.63, 3.8) is 0 Å². The van der Waals surface area contributed by atoms with Gasteiger partial charge in [0.1, 0.15) is 5.82 Å². The molecule has 0 aliphatic heterocycles. The van der Waals surface area contributed by atoms with Crippen LogP contribution in [0.3, 0.4) is 0 Å². The van der Waals surface area contributed by atoms with Crippen LogP contribution in [0.1, 0.15) is 0 Å². The SMILES string of the molecule is Fc1ccc(Nc2ccnc(Nc3ccc(S)cc3)n2)cc1F. The normalized spacial score (nSPS) is 10.4. The van der Waals surface area contributed by atoms with Crippen LogP contribution in [-0.2, 0) is 0 Å². The van der Waals surface area contributed by atoms with E-state index < -0.39 is 11.6 Å². The van der Waals surface area contributed by atoms with Gasteiger partial charge in [-0.3, -0.25) is 0 Å². The number of hydrogen-bond donors (Lipinski definition) is 3. The van der Waals surface area contributed by atoms with E-state index in [1.54, 1.807) is 12.3 Å². The zero-order valence-electron chi connectivity index (χ0n) is 11.8. The number of hydrogen-bond acceptors (Lipinski definition) is 5. The van der Waals surface area contributed by atoms with Gasteiger partial charge in [0.25, 0.3) is 0 Å². The van der Waals surface area contributed by atoms with Gasteiger partial charge in [0, 0.05) is 28.5 Å². The lowest BCUT2D eigenvalue weighted by Gasteiger charge is -2.09. The van der Waals surface area contributed by atoms with Crippen LogP contribution < -0.4 is 10.6 Å². The van der Waals surface area contributed by atoms with Crippen LogP contribution in [-0.4, -0.2) is 9.97 Å². The molecule has 2 N–H and O–H groups in total. The maximum atomic E-state index is 13.2. The fourth-order valence-corrected chi connectivity index (χ4v) is 2.03. The van der Waals surface area contributed by atoms with E-state index in [1.165, 1.54) is 6.07 Å². The smallest absolute Gasteiger partial charge is 0.229 e. The summed E-state index contributed by atoms with van der Waals surface area (Å²) in [5.41, 5.74) is 1.21. The van der Waals surface area contributed by atoms with Crippen molar-refractivity contribution in [1.29, 1.82) is 0 Å². The molecule has 0 spiro atoms. The Bertz CT molecular complexity index is 825. The predicted octanol–water partition coefficient (Wildman–Crippen LogP) is 4.53. The Kier molecular flexibility index (Phi) is 4.38. The van der Waals surface area contributed by atoms with Gasteiger partial charge in [-0.2, -0.15) is 4.98 Å². The summed E-state index contributed by atoms with van der Waals surface area (Å²) < 4.78 is 26.1. The van der Waals surface area contributed by atoms with Crippen molar-refractivity contribution >= 4 is 35.8 Å². The first-order valence-corrected chi connectivity index (χ1v) is 7.16. The Balaban J connectivity index is 1.76. The third-order valence-electron chi connectivity index (χ3n) is 2.97. The highest BCUT2D eigenvalue weighted by molar-refractivity contribution is 7.80. The molecule has 0 amide bonds. The summed E-state index contributed by atoms with van der Waals surface area (Å²) in [5, 5.41) is 5.94. The molecule has 3 aromatic rings. The quantitative estimate of drug-likeness (QED) is 0.615. The van der Waals surface area contributed by atoms with Crippen molar-refractivity contribution < 1.29 is 8.78 Å². The number of halogens is 2. The van der Waals surface area contributed by atoms with Crippen molar-refractivity contribution in [2.24, 2.45) is 0 Å². The van der Waals surface area contributed by atoms with Gasteiger partial charge in [0.05, 0.1) is 0 Å². The average molecular weight is 330 g/mol. The molecule has 116 valence electrons. The van der Waals surface area contributed by atoms with E-state index in [9.17, 15) is 8.78 Å². The first-order chi connectivity index (χ1) is 11.1. The van der Waals surface area contributed by atoms with Gasteiger partial charge < -0.3 is 10.6 Å². The lowest BCUT2D eigenvalue weighted by atomic mass is 10.3.